The van der Waals surface area contributed by atoms with E-state index in [1.54, 1.807) is 0 Å². The first-order chi connectivity index (χ1) is 9.48. The van der Waals surface area contributed by atoms with E-state index in [0.717, 1.165) is 34.5 Å². The van der Waals surface area contributed by atoms with E-state index in [0.29, 0.717) is 6.61 Å². The Morgan fingerprint density at radius 3 is 2.90 bits per heavy atom. The molecule has 0 aliphatic carbocycles. The molecule has 0 bridgehead atoms. The van der Waals surface area contributed by atoms with Crippen LogP contribution in [-0.2, 0) is 19.9 Å². The summed E-state index contributed by atoms with van der Waals surface area (Å²) in [6.45, 7) is 2.52. The summed E-state index contributed by atoms with van der Waals surface area (Å²) in [6, 6.07) is 8.10. The maximum Gasteiger partial charge on any atom is 0.122 e. The first-order valence-corrected chi connectivity index (χ1v) is 7.45. The molecule has 0 spiro atoms. The molecule has 2 N–H and O–H groups in total. The highest BCUT2D eigenvalue weighted by atomic mass is 79.9. The molecule has 106 valence electrons. The van der Waals surface area contributed by atoms with Crippen molar-refractivity contribution in [3.05, 3.63) is 45.7 Å². The van der Waals surface area contributed by atoms with Gasteiger partial charge in [0.15, 0.2) is 0 Å². The van der Waals surface area contributed by atoms with E-state index in [-0.39, 0.29) is 0 Å². The van der Waals surface area contributed by atoms with Crippen LogP contribution in [0.15, 0.2) is 28.7 Å². The van der Waals surface area contributed by atoms with Crippen LogP contribution in [0.2, 0.25) is 0 Å². The van der Waals surface area contributed by atoms with E-state index < -0.39 is 5.54 Å². The molecule has 3 rings (SSSR count). The number of ether oxygens (including phenoxy) is 1. The molecule has 1 aliphatic heterocycles. The molecule has 2 heterocycles. The van der Waals surface area contributed by atoms with Gasteiger partial charge < -0.3 is 10.5 Å². The second kappa shape index (κ2) is 4.90. The average molecular weight is 336 g/mol. The van der Waals surface area contributed by atoms with Gasteiger partial charge in [-0.1, -0.05) is 18.2 Å². The summed E-state index contributed by atoms with van der Waals surface area (Å²) in [5, 5.41) is 4.42. The van der Waals surface area contributed by atoms with Crippen molar-refractivity contribution in [2.24, 2.45) is 12.8 Å². The summed E-state index contributed by atoms with van der Waals surface area (Å²) in [5.41, 5.74) is 9.46. The van der Waals surface area contributed by atoms with E-state index in [9.17, 15) is 0 Å². The van der Waals surface area contributed by atoms with Crippen molar-refractivity contribution in [1.29, 1.82) is 0 Å². The zero-order valence-corrected chi connectivity index (χ0v) is 13.3. The molecular weight excluding hydrogens is 318 g/mol. The Hall–Kier alpha value is -1.33. The number of hydrogen-bond donors (Lipinski definition) is 1. The lowest BCUT2D eigenvalue weighted by Gasteiger charge is -2.34. The molecule has 1 aromatic carbocycles. The Balaban J connectivity index is 1.88. The van der Waals surface area contributed by atoms with Crippen LogP contribution in [-0.4, -0.2) is 21.9 Å². The van der Waals surface area contributed by atoms with Gasteiger partial charge in [0.1, 0.15) is 12.4 Å². The summed E-state index contributed by atoms with van der Waals surface area (Å²) in [6.07, 6.45) is 1.55. The first kappa shape index (κ1) is 13.6. The summed E-state index contributed by atoms with van der Waals surface area (Å²) in [7, 11) is 1.95. The van der Waals surface area contributed by atoms with Crippen molar-refractivity contribution in [3.63, 3.8) is 0 Å². The van der Waals surface area contributed by atoms with Crippen molar-refractivity contribution >= 4 is 15.9 Å². The van der Waals surface area contributed by atoms with Gasteiger partial charge in [0, 0.05) is 13.5 Å². The number of hydrogen-bond acceptors (Lipinski definition) is 3. The Labute approximate surface area is 127 Å². The number of aryl methyl sites for hydroxylation is 2. The lowest BCUT2D eigenvalue weighted by Crippen LogP contribution is -2.52. The second-order valence-electron chi connectivity index (χ2n) is 5.58. The lowest BCUT2D eigenvalue weighted by molar-refractivity contribution is 0.187. The SMILES string of the molecule is Cc1nn(C)c(CC2(N)COc3ccccc3C2)c1Br. The van der Waals surface area contributed by atoms with Gasteiger partial charge >= 0.3 is 0 Å². The molecule has 0 fully saturated rings. The summed E-state index contributed by atoms with van der Waals surface area (Å²) < 4.78 is 8.77. The second-order valence-corrected chi connectivity index (χ2v) is 6.38. The predicted molar refractivity (Wildman–Crippen MR) is 81.9 cm³/mol. The summed E-state index contributed by atoms with van der Waals surface area (Å²) in [5.74, 6) is 0.953. The Morgan fingerprint density at radius 2 is 2.20 bits per heavy atom. The van der Waals surface area contributed by atoms with E-state index in [2.05, 4.69) is 27.1 Å². The van der Waals surface area contributed by atoms with Gasteiger partial charge in [-0.3, -0.25) is 4.68 Å². The van der Waals surface area contributed by atoms with Gasteiger partial charge in [0.25, 0.3) is 0 Å². The molecule has 1 aliphatic rings. The third-order valence-electron chi connectivity index (χ3n) is 3.81. The van der Waals surface area contributed by atoms with Crippen LogP contribution < -0.4 is 10.5 Å². The van der Waals surface area contributed by atoms with Crippen LogP contribution in [0.4, 0.5) is 0 Å². The monoisotopic (exact) mass is 335 g/mol. The fourth-order valence-electron chi connectivity index (χ4n) is 2.76. The lowest BCUT2D eigenvalue weighted by atomic mass is 9.86. The molecule has 20 heavy (non-hydrogen) atoms. The maximum atomic E-state index is 6.57. The zero-order chi connectivity index (χ0) is 14.3. The number of halogens is 1. The molecule has 0 radical (unpaired) electrons. The van der Waals surface area contributed by atoms with Gasteiger partial charge in [0.2, 0.25) is 0 Å². The first-order valence-electron chi connectivity index (χ1n) is 6.66. The van der Waals surface area contributed by atoms with Gasteiger partial charge in [-0.25, -0.2) is 0 Å². The third-order valence-corrected chi connectivity index (χ3v) is 4.84. The van der Waals surface area contributed by atoms with Crippen molar-refractivity contribution in [1.82, 2.24) is 9.78 Å². The van der Waals surface area contributed by atoms with Crippen LogP contribution in [0, 0.1) is 6.92 Å². The minimum absolute atomic E-state index is 0.392. The Kier molecular flexibility index (Phi) is 3.34. The van der Waals surface area contributed by atoms with Crippen molar-refractivity contribution < 1.29 is 4.74 Å². The molecule has 1 atom stereocenters. The number of nitrogens with two attached hydrogens (primary N) is 1. The smallest absolute Gasteiger partial charge is 0.122 e. The fraction of sp³-hybridized carbons (Fsp3) is 0.400. The van der Waals surface area contributed by atoms with E-state index in [1.807, 2.05) is 36.9 Å². The average Bonchev–Trinajstić information content (AvgIpc) is 2.65. The highest BCUT2D eigenvalue weighted by Crippen LogP contribution is 2.31. The minimum Gasteiger partial charge on any atom is -0.491 e. The van der Waals surface area contributed by atoms with Gasteiger partial charge in [-0.2, -0.15) is 5.10 Å². The van der Waals surface area contributed by atoms with Crippen LogP contribution in [0.25, 0.3) is 0 Å². The highest BCUT2D eigenvalue weighted by molar-refractivity contribution is 9.10. The highest BCUT2D eigenvalue weighted by Gasteiger charge is 2.34. The number of para-hydroxylation sites is 1. The van der Waals surface area contributed by atoms with Gasteiger partial charge in [-0.15, -0.1) is 0 Å². The van der Waals surface area contributed by atoms with E-state index in [4.69, 9.17) is 10.5 Å². The molecule has 5 heteroatoms. The number of aromatic nitrogens is 2. The van der Waals surface area contributed by atoms with Crippen molar-refractivity contribution in [3.8, 4) is 5.75 Å². The zero-order valence-electron chi connectivity index (χ0n) is 11.7. The number of nitrogens with zero attached hydrogens (tertiary/aromatic N) is 2. The summed E-state index contributed by atoms with van der Waals surface area (Å²) in [4.78, 5) is 0. The molecule has 1 unspecified atom stereocenters. The van der Waals surface area contributed by atoms with Crippen LogP contribution in [0.5, 0.6) is 5.75 Å². The Bertz CT molecular complexity index is 653. The van der Waals surface area contributed by atoms with Crippen molar-refractivity contribution in [2.45, 2.75) is 25.3 Å². The standard InChI is InChI=1S/C15H18BrN3O/c1-10-14(16)12(19(2)18-10)8-15(17)7-11-5-3-4-6-13(11)20-9-15/h3-6H,7-9,17H2,1-2H3. The maximum absolute atomic E-state index is 6.57. The number of benzene rings is 1. The summed E-state index contributed by atoms with van der Waals surface area (Å²) >= 11 is 3.60. The Morgan fingerprint density at radius 1 is 1.45 bits per heavy atom. The fourth-order valence-corrected chi connectivity index (χ4v) is 3.24. The topological polar surface area (TPSA) is 53.1 Å². The molecule has 1 aromatic heterocycles. The third kappa shape index (κ3) is 2.36. The van der Waals surface area contributed by atoms with Crippen molar-refractivity contribution in [2.75, 3.05) is 6.61 Å². The molecular formula is C15H18BrN3O. The van der Waals surface area contributed by atoms with Crippen LogP contribution in [0.1, 0.15) is 17.0 Å². The molecule has 0 saturated carbocycles. The number of rotatable bonds is 2. The van der Waals surface area contributed by atoms with E-state index >= 15 is 0 Å². The minimum atomic E-state index is -0.392. The van der Waals surface area contributed by atoms with Crippen LogP contribution in [0.3, 0.4) is 0 Å². The van der Waals surface area contributed by atoms with Gasteiger partial charge in [0.05, 0.1) is 21.4 Å². The molecule has 2 aromatic rings. The van der Waals surface area contributed by atoms with Crippen LogP contribution >= 0.6 is 15.9 Å². The molecule has 4 nitrogen and oxygen atoms in total. The normalized spacial score (nSPS) is 21.4. The largest absolute Gasteiger partial charge is 0.491 e. The molecule has 0 saturated heterocycles. The quantitative estimate of drug-likeness (QED) is 0.916. The molecule has 0 amide bonds. The number of fused-ring (bicyclic) bond motifs is 1. The van der Waals surface area contributed by atoms with Gasteiger partial charge in [-0.05, 0) is 40.9 Å². The van der Waals surface area contributed by atoms with E-state index in [1.165, 1.54) is 5.56 Å². The predicted octanol–water partition coefficient (Wildman–Crippen LogP) is 2.37.